The summed E-state index contributed by atoms with van der Waals surface area (Å²) in [5.41, 5.74) is -0.311. The number of alkyl halides is 1. The molecular weight excluding hydrogens is 312 g/mol. The van der Waals surface area contributed by atoms with Crippen molar-refractivity contribution in [2.45, 2.75) is 5.88 Å². The molecule has 9 heteroatoms. The standard InChI is InChI=1S/C11H6Cl2FN3O3/c12-4-6-10(13)15-5-16-11(6)20-9-7(14)2-1-3-8(9)17(18)19/h1-3,5H,4H2. The second-order valence-corrected chi connectivity index (χ2v) is 4.15. The number of ether oxygens (including phenoxy) is 1. The summed E-state index contributed by atoms with van der Waals surface area (Å²) in [7, 11) is 0. The zero-order chi connectivity index (χ0) is 14.7. The second kappa shape index (κ2) is 5.98. The van der Waals surface area contributed by atoms with E-state index < -0.39 is 22.2 Å². The van der Waals surface area contributed by atoms with Crippen LogP contribution < -0.4 is 4.74 Å². The molecule has 0 bridgehead atoms. The maximum Gasteiger partial charge on any atom is 0.314 e. The highest BCUT2D eigenvalue weighted by Gasteiger charge is 2.22. The molecule has 0 saturated carbocycles. The third-order valence-corrected chi connectivity index (χ3v) is 2.92. The lowest BCUT2D eigenvalue weighted by molar-refractivity contribution is -0.385. The smallest absolute Gasteiger partial charge is 0.314 e. The van der Waals surface area contributed by atoms with Gasteiger partial charge in [0, 0.05) is 6.07 Å². The first-order valence-electron chi connectivity index (χ1n) is 5.20. The molecule has 6 nitrogen and oxygen atoms in total. The maximum absolute atomic E-state index is 13.7. The van der Waals surface area contributed by atoms with Crippen LogP contribution in [0.3, 0.4) is 0 Å². The van der Waals surface area contributed by atoms with Crippen LogP contribution >= 0.6 is 23.2 Å². The van der Waals surface area contributed by atoms with E-state index in [1.54, 1.807) is 0 Å². The number of rotatable bonds is 4. The zero-order valence-corrected chi connectivity index (χ0v) is 11.2. The Balaban J connectivity index is 2.50. The molecule has 0 radical (unpaired) electrons. The van der Waals surface area contributed by atoms with Gasteiger partial charge in [0.2, 0.25) is 11.6 Å². The average molecular weight is 318 g/mol. The van der Waals surface area contributed by atoms with Crippen LogP contribution in [0.2, 0.25) is 5.15 Å². The lowest BCUT2D eigenvalue weighted by atomic mass is 10.3. The minimum Gasteiger partial charge on any atom is -0.428 e. The topological polar surface area (TPSA) is 78.2 Å². The van der Waals surface area contributed by atoms with E-state index in [1.165, 1.54) is 6.07 Å². The monoisotopic (exact) mass is 317 g/mol. The van der Waals surface area contributed by atoms with Crippen LogP contribution in [0.15, 0.2) is 24.5 Å². The van der Waals surface area contributed by atoms with Crippen molar-refractivity contribution < 1.29 is 14.1 Å². The molecule has 0 amide bonds. The number of nitrogens with zero attached hydrogens (tertiary/aromatic N) is 3. The highest BCUT2D eigenvalue weighted by molar-refractivity contribution is 6.31. The molecule has 0 spiro atoms. The highest BCUT2D eigenvalue weighted by Crippen LogP contribution is 2.35. The molecule has 0 aliphatic rings. The first kappa shape index (κ1) is 14.4. The molecule has 0 saturated heterocycles. The summed E-state index contributed by atoms with van der Waals surface area (Å²) in [6.07, 6.45) is 1.08. The summed E-state index contributed by atoms with van der Waals surface area (Å²) in [4.78, 5) is 17.5. The Morgan fingerprint density at radius 1 is 1.40 bits per heavy atom. The Hall–Kier alpha value is -1.99. The minimum absolute atomic E-state index is 0.0315. The number of hydrogen-bond acceptors (Lipinski definition) is 5. The van der Waals surface area contributed by atoms with Crippen LogP contribution in [0.5, 0.6) is 11.6 Å². The summed E-state index contributed by atoms with van der Waals surface area (Å²) in [5, 5.41) is 10.9. The van der Waals surface area contributed by atoms with Gasteiger partial charge in [-0.2, -0.15) is 0 Å². The predicted molar refractivity (Wildman–Crippen MR) is 69.7 cm³/mol. The number of nitro groups is 1. The molecule has 0 unspecified atom stereocenters. The Morgan fingerprint density at radius 2 is 2.15 bits per heavy atom. The van der Waals surface area contributed by atoms with Crippen LogP contribution in [0.4, 0.5) is 10.1 Å². The van der Waals surface area contributed by atoms with Crippen molar-refractivity contribution in [2.24, 2.45) is 0 Å². The van der Waals surface area contributed by atoms with Gasteiger partial charge in [-0.3, -0.25) is 10.1 Å². The molecule has 0 fully saturated rings. The van der Waals surface area contributed by atoms with Crippen LogP contribution in [0, 0.1) is 15.9 Å². The van der Waals surface area contributed by atoms with E-state index in [9.17, 15) is 14.5 Å². The van der Waals surface area contributed by atoms with Crippen molar-refractivity contribution in [1.82, 2.24) is 9.97 Å². The molecule has 0 aliphatic heterocycles. The van der Waals surface area contributed by atoms with Gasteiger partial charge in [0.1, 0.15) is 11.5 Å². The van der Waals surface area contributed by atoms with Gasteiger partial charge < -0.3 is 4.74 Å². The Labute approximate surface area is 122 Å². The number of aromatic nitrogens is 2. The molecule has 1 aromatic heterocycles. The molecule has 0 N–H and O–H groups in total. The summed E-state index contributed by atoms with van der Waals surface area (Å²) >= 11 is 11.5. The van der Waals surface area contributed by atoms with E-state index in [1.807, 2.05) is 0 Å². The minimum atomic E-state index is -0.894. The number of halogens is 3. The fourth-order valence-corrected chi connectivity index (χ4v) is 1.92. The van der Waals surface area contributed by atoms with E-state index in [0.29, 0.717) is 0 Å². The molecule has 0 aliphatic carbocycles. The van der Waals surface area contributed by atoms with Crippen LogP contribution in [0.25, 0.3) is 0 Å². The molecule has 2 aromatic rings. The van der Waals surface area contributed by atoms with Gasteiger partial charge >= 0.3 is 5.69 Å². The van der Waals surface area contributed by atoms with Gasteiger partial charge in [0.25, 0.3) is 0 Å². The van der Waals surface area contributed by atoms with Gasteiger partial charge in [-0.05, 0) is 6.07 Å². The molecule has 1 heterocycles. The van der Waals surface area contributed by atoms with Gasteiger partial charge in [0.05, 0.1) is 16.4 Å². The Kier molecular flexibility index (Phi) is 4.31. The van der Waals surface area contributed by atoms with E-state index in [-0.39, 0.29) is 22.5 Å². The summed E-state index contributed by atoms with van der Waals surface area (Å²) in [6, 6.07) is 3.35. The van der Waals surface area contributed by atoms with Crippen LogP contribution in [0.1, 0.15) is 5.56 Å². The lowest BCUT2D eigenvalue weighted by Crippen LogP contribution is -2.00. The molecular formula is C11H6Cl2FN3O3. The van der Waals surface area contributed by atoms with Gasteiger partial charge in [0.15, 0.2) is 5.82 Å². The summed E-state index contributed by atoms with van der Waals surface area (Å²) in [5.74, 6) is -1.67. The van der Waals surface area contributed by atoms with Gasteiger partial charge in [-0.1, -0.05) is 17.7 Å². The molecule has 1 aromatic carbocycles. The van der Waals surface area contributed by atoms with Crippen molar-refractivity contribution >= 4 is 28.9 Å². The van der Waals surface area contributed by atoms with E-state index in [0.717, 1.165) is 18.5 Å². The average Bonchev–Trinajstić information content (AvgIpc) is 2.41. The van der Waals surface area contributed by atoms with E-state index in [2.05, 4.69) is 9.97 Å². The first-order chi connectivity index (χ1) is 9.54. The molecule has 104 valence electrons. The van der Waals surface area contributed by atoms with Crippen molar-refractivity contribution in [2.75, 3.05) is 0 Å². The third-order valence-electron chi connectivity index (χ3n) is 2.33. The van der Waals surface area contributed by atoms with Crippen molar-refractivity contribution in [3.05, 3.63) is 51.2 Å². The zero-order valence-electron chi connectivity index (χ0n) is 9.72. The Bertz CT molecular complexity index is 669. The summed E-state index contributed by atoms with van der Waals surface area (Å²) < 4.78 is 18.9. The fraction of sp³-hybridized carbons (Fsp3) is 0.0909. The van der Waals surface area contributed by atoms with E-state index in [4.69, 9.17) is 27.9 Å². The second-order valence-electron chi connectivity index (χ2n) is 3.53. The van der Waals surface area contributed by atoms with Crippen LogP contribution in [-0.2, 0) is 5.88 Å². The number of nitro benzene ring substituents is 1. The van der Waals surface area contributed by atoms with E-state index >= 15 is 0 Å². The SMILES string of the molecule is O=[N+]([O-])c1cccc(F)c1Oc1ncnc(Cl)c1CCl. The molecule has 20 heavy (non-hydrogen) atoms. The maximum atomic E-state index is 13.7. The lowest BCUT2D eigenvalue weighted by Gasteiger charge is -2.09. The quantitative estimate of drug-likeness (QED) is 0.372. The van der Waals surface area contributed by atoms with Crippen molar-refractivity contribution in [3.63, 3.8) is 0 Å². The normalized spacial score (nSPS) is 10.3. The Morgan fingerprint density at radius 3 is 2.80 bits per heavy atom. The van der Waals surface area contributed by atoms with Gasteiger partial charge in [-0.25, -0.2) is 14.4 Å². The largest absolute Gasteiger partial charge is 0.428 e. The van der Waals surface area contributed by atoms with Gasteiger partial charge in [-0.15, -0.1) is 11.6 Å². The number of benzene rings is 1. The van der Waals surface area contributed by atoms with Crippen molar-refractivity contribution in [3.8, 4) is 11.6 Å². The van der Waals surface area contributed by atoms with Crippen molar-refractivity contribution in [1.29, 1.82) is 0 Å². The molecule has 2 rings (SSSR count). The number of para-hydroxylation sites is 1. The number of hydrogen-bond donors (Lipinski definition) is 0. The molecule has 0 atom stereocenters. The summed E-state index contributed by atoms with van der Waals surface area (Å²) in [6.45, 7) is 0. The third kappa shape index (κ3) is 2.78. The fourth-order valence-electron chi connectivity index (χ4n) is 1.42. The van der Waals surface area contributed by atoms with Crippen LogP contribution in [-0.4, -0.2) is 14.9 Å². The highest BCUT2D eigenvalue weighted by atomic mass is 35.5. The predicted octanol–water partition coefficient (Wildman–Crippen LogP) is 3.71. The first-order valence-corrected chi connectivity index (χ1v) is 6.12.